The molecule has 0 radical (unpaired) electrons. The molecule has 1 atom stereocenters. The van der Waals surface area contributed by atoms with E-state index in [4.69, 9.17) is 9.15 Å². The maximum atomic E-state index is 12.4. The second-order valence-electron chi connectivity index (χ2n) is 6.61. The maximum Gasteiger partial charge on any atom is 0.244 e. The second kappa shape index (κ2) is 9.89. The van der Waals surface area contributed by atoms with Gasteiger partial charge in [0.2, 0.25) is 11.8 Å². The van der Waals surface area contributed by atoms with E-state index in [1.807, 2.05) is 42.5 Å². The van der Waals surface area contributed by atoms with Crippen LogP contribution in [-0.2, 0) is 4.79 Å². The van der Waals surface area contributed by atoms with Crippen molar-refractivity contribution in [2.75, 3.05) is 26.7 Å². The summed E-state index contributed by atoms with van der Waals surface area (Å²) in [5.41, 5.74) is 2.58. The van der Waals surface area contributed by atoms with Crippen molar-refractivity contribution in [1.29, 1.82) is 0 Å². The fourth-order valence-corrected chi connectivity index (χ4v) is 3.34. The first-order valence-corrected chi connectivity index (χ1v) is 9.84. The summed E-state index contributed by atoms with van der Waals surface area (Å²) in [6, 6.07) is 15.5. The van der Waals surface area contributed by atoms with Crippen LogP contribution in [0.5, 0.6) is 5.75 Å². The highest BCUT2D eigenvalue weighted by atomic mass is 16.5. The van der Waals surface area contributed by atoms with Crippen LogP contribution in [0.2, 0.25) is 0 Å². The molecule has 0 fully saturated rings. The Hall–Kier alpha value is -3.12. The molecule has 3 aromatic rings. The van der Waals surface area contributed by atoms with Gasteiger partial charge in [-0.05, 0) is 42.9 Å². The summed E-state index contributed by atoms with van der Waals surface area (Å²) in [6.07, 6.45) is 3.04. The molecule has 1 N–H and O–H groups in total. The second-order valence-corrected chi connectivity index (χ2v) is 6.61. The Morgan fingerprint density at radius 3 is 2.72 bits per heavy atom. The fourth-order valence-electron chi connectivity index (χ4n) is 3.34. The van der Waals surface area contributed by atoms with Gasteiger partial charge >= 0.3 is 0 Å². The zero-order valence-corrected chi connectivity index (χ0v) is 17.1. The number of oxazole rings is 1. The van der Waals surface area contributed by atoms with Gasteiger partial charge < -0.3 is 14.5 Å². The molecular formula is C23H27N3O3. The van der Waals surface area contributed by atoms with E-state index in [1.165, 1.54) is 6.08 Å². The van der Waals surface area contributed by atoms with Crippen molar-refractivity contribution in [3.8, 4) is 5.75 Å². The van der Waals surface area contributed by atoms with Gasteiger partial charge in [0.1, 0.15) is 11.3 Å². The molecule has 1 heterocycles. The lowest BCUT2D eigenvalue weighted by Crippen LogP contribution is -2.37. The smallest absolute Gasteiger partial charge is 0.244 e. The van der Waals surface area contributed by atoms with Gasteiger partial charge in [0.05, 0.1) is 13.2 Å². The van der Waals surface area contributed by atoms with E-state index in [2.05, 4.69) is 35.1 Å². The molecule has 1 aromatic heterocycles. The maximum absolute atomic E-state index is 12.4. The summed E-state index contributed by atoms with van der Waals surface area (Å²) in [7, 11) is 1.66. The van der Waals surface area contributed by atoms with E-state index in [0.29, 0.717) is 18.0 Å². The van der Waals surface area contributed by atoms with E-state index < -0.39 is 0 Å². The summed E-state index contributed by atoms with van der Waals surface area (Å²) in [4.78, 5) is 19.0. The average molecular weight is 393 g/mol. The third kappa shape index (κ3) is 5.23. The molecule has 0 aliphatic heterocycles. The Kier molecular flexibility index (Phi) is 7.03. The summed E-state index contributed by atoms with van der Waals surface area (Å²) in [6.45, 7) is 6.49. The van der Waals surface area contributed by atoms with Crippen molar-refractivity contribution in [3.05, 3.63) is 66.1 Å². The number of carbonyl (C=O) groups excluding carboxylic acids is 1. The van der Waals surface area contributed by atoms with Gasteiger partial charge in [-0.3, -0.25) is 9.69 Å². The molecule has 152 valence electrons. The number of carbonyl (C=O) groups is 1. The highest BCUT2D eigenvalue weighted by Crippen LogP contribution is 2.24. The van der Waals surface area contributed by atoms with E-state index in [9.17, 15) is 4.79 Å². The number of hydrogen-bond donors (Lipinski definition) is 1. The van der Waals surface area contributed by atoms with Crippen molar-refractivity contribution in [3.63, 3.8) is 0 Å². The molecule has 6 nitrogen and oxygen atoms in total. The first-order valence-electron chi connectivity index (χ1n) is 9.84. The molecule has 3 rings (SSSR count). The van der Waals surface area contributed by atoms with Gasteiger partial charge in [-0.25, -0.2) is 4.98 Å². The number of para-hydroxylation sites is 2. The molecule has 1 unspecified atom stereocenters. The van der Waals surface area contributed by atoms with E-state index >= 15 is 0 Å². The van der Waals surface area contributed by atoms with Crippen molar-refractivity contribution >= 4 is 23.1 Å². The molecule has 6 heteroatoms. The molecule has 0 spiro atoms. The lowest BCUT2D eigenvalue weighted by atomic mass is 10.0. The Morgan fingerprint density at radius 2 is 2.00 bits per heavy atom. The minimum atomic E-state index is -0.188. The van der Waals surface area contributed by atoms with Gasteiger partial charge in [-0.15, -0.1) is 0 Å². The molecule has 0 aliphatic carbocycles. The van der Waals surface area contributed by atoms with Gasteiger partial charge in [0, 0.05) is 18.7 Å². The minimum Gasteiger partial charge on any atom is -0.497 e. The van der Waals surface area contributed by atoms with Gasteiger partial charge in [0.25, 0.3) is 0 Å². The van der Waals surface area contributed by atoms with Crippen LogP contribution in [0.15, 0.2) is 59.0 Å². The molecule has 0 aliphatic rings. The summed E-state index contributed by atoms with van der Waals surface area (Å²) in [5.74, 6) is 1.03. The SMILES string of the molecule is CCN(CC)C(CNC(=O)/C=C/c1nc2ccccc2o1)c1cccc(OC)c1. The molecule has 2 aromatic carbocycles. The van der Waals surface area contributed by atoms with Crippen molar-refractivity contribution in [2.45, 2.75) is 19.9 Å². The number of ether oxygens (including phenoxy) is 1. The number of amides is 1. The summed E-state index contributed by atoms with van der Waals surface area (Å²) in [5, 5.41) is 2.99. The number of rotatable bonds is 9. The molecule has 29 heavy (non-hydrogen) atoms. The number of likely N-dealkylation sites (N-methyl/N-ethyl adjacent to an activating group) is 1. The number of benzene rings is 2. The minimum absolute atomic E-state index is 0.0572. The van der Waals surface area contributed by atoms with E-state index in [1.54, 1.807) is 13.2 Å². The van der Waals surface area contributed by atoms with Crippen LogP contribution >= 0.6 is 0 Å². The molecule has 1 amide bonds. The quantitative estimate of drug-likeness (QED) is 0.556. The number of aromatic nitrogens is 1. The summed E-state index contributed by atoms with van der Waals surface area (Å²) >= 11 is 0. The van der Waals surface area contributed by atoms with Gasteiger partial charge in [-0.1, -0.05) is 38.1 Å². The Labute approximate surface area is 171 Å². The topological polar surface area (TPSA) is 67.6 Å². The van der Waals surface area contributed by atoms with Crippen LogP contribution in [0.3, 0.4) is 0 Å². The third-order valence-electron chi connectivity index (χ3n) is 4.89. The van der Waals surface area contributed by atoms with Crippen LogP contribution in [0.25, 0.3) is 17.2 Å². The van der Waals surface area contributed by atoms with Crippen LogP contribution in [0.4, 0.5) is 0 Å². The van der Waals surface area contributed by atoms with Crippen LogP contribution in [0, 0.1) is 0 Å². The van der Waals surface area contributed by atoms with Crippen molar-refractivity contribution in [2.24, 2.45) is 0 Å². The van der Waals surface area contributed by atoms with Crippen molar-refractivity contribution in [1.82, 2.24) is 15.2 Å². The lowest BCUT2D eigenvalue weighted by molar-refractivity contribution is -0.116. The zero-order valence-electron chi connectivity index (χ0n) is 17.1. The standard InChI is InChI=1S/C23H27N3O3/c1-4-26(5-2)20(17-9-8-10-18(15-17)28-3)16-24-22(27)13-14-23-25-19-11-6-7-12-21(19)29-23/h6-15,20H,4-5,16H2,1-3H3,(H,24,27)/b14-13+. The van der Waals surface area contributed by atoms with Crippen molar-refractivity contribution < 1.29 is 13.9 Å². The lowest BCUT2D eigenvalue weighted by Gasteiger charge is -2.30. The molecule has 0 saturated heterocycles. The number of nitrogens with one attached hydrogen (secondary N) is 1. The Bertz CT molecular complexity index is 943. The number of fused-ring (bicyclic) bond motifs is 1. The largest absolute Gasteiger partial charge is 0.497 e. The first kappa shape index (κ1) is 20.6. The predicted molar refractivity (Wildman–Crippen MR) is 115 cm³/mol. The average Bonchev–Trinajstić information content (AvgIpc) is 3.18. The Balaban J connectivity index is 1.68. The monoisotopic (exact) mass is 393 g/mol. The number of hydrogen-bond acceptors (Lipinski definition) is 5. The van der Waals surface area contributed by atoms with Crippen LogP contribution < -0.4 is 10.1 Å². The molecule has 0 saturated carbocycles. The highest BCUT2D eigenvalue weighted by Gasteiger charge is 2.19. The third-order valence-corrected chi connectivity index (χ3v) is 4.89. The summed E-state index contributed by atoms with van der Waals surface area (Å²) < 4.78 is 11.0. The molecule has 0 bridgehead atoms. The fraction of sp³-hybridized carbons (Fsp3) is 0.304. The van der Waals surface area contributed by atoms with E-state index in [-0.39, 0.29) is 11.9 Å². The highest BCUT2D eigenvalue weighted by molar-refractivity contribution is 5.91. The first-order chi connectivity index (χ1) is 14.1. The van der Waals surface area contributed by atoms with Gasteiger partial charge in [-0.2, -0.15) is 0 Å². The predicted octanol–water partition coefficient (Wildman–Crippen LogP) is 4.05. The van der Waals surface area contributed by atoms with Gasteiger partial charge in [0.15, 0.2) is 5.58 Å². The van der Waals surface area contributed by atoms with Crippen LogP contribution in [-0.4, -0.2) is 42.5 Å². The number of nitrogens with zero attached hydrogens (tertiary/aromatic N) is 2. The molecular weight excluding hydrogens is 366 g/mol. The normalized spacial score (nSPS) is 12.6. The number of methoxy groups -OCH3 is 1. The van der Waals surface area contributed by atoms with E-state index in [0.717, 1.165) is 29.9 Å². The Morgan fingerprint density at radius 1 is 1.21 bits per heavy atom. The zero-order chi connectivity index (χ0) is 20.6. The van der Waals surface area contributed by atoms with Crippen LogP contribution in [0.1, 0.15) is 31.3 Å².